The second kappa shape index (κ2) is 9.20. The molecule has 0 bridgehead atoms. The van der Waals surface area contributed by atoms with Gasteiger partial charge in [-0.25, -0.2) is 4.79 Å². The molecule has 0 aromatic heterocycles. The van der Waals surface area contributed by atoms with Crippen molar-refractivity contribution < 1.29 is 19.5 Å². The molecule has 0 aliphatic carbocycles. The van der Waals surface area contributed by atoms with Crippen LogP contribution in [0.1, 0.15) is 40.5 Å². The molecule has 21 heavy (non-hydrogen) atoms. The van der Waals surface area contributed by atoms with Gasteiger partial charge in [0, 0.05) is 19.0 Å². The van der Waals surface area contributed by atoms with Crippen LogP contribution in [0.25, 0.3) is 0 Å². The number of hydrogen-bond acceptors (Lipinski definition) is 3. The van der Waals surface area contributed by atoms with Crippen LogP contribution in [-0.4, -0.2) is 47.0 Å². The zero-order valence-electron chi connectivity index (χ0n) is 13.3. The molecule has 122 valence electrons. The van der Waals surface area contributed by atoms with Gasteiger partial charge in [-0.3, -0.25) is 9.59 Å². The summed E-state index contributed by atoms with van der Waals surface area (Å²) in [4.78, 5) is 35.2. The number of amides is 3. The number of carboxylic acid groups (broad SMARTS) is 1. The molecule has 0 heterocycles. The van der Waals surface area contributed by atoms with Crippen molar-refractivity contribution in [2.75, 3.05) is 13.1 Å². The maximum atomic E-state index is 12.1. The van der Waals surface area contributed by atoms with Crippen LogP contribution in [0.15, 0.2) is 0 Å². The molecule has 1 unspecified atom stereocenters. The fourth-order valence-electron chi connectivity index (χ4n) is 2.14. The van der Waals surface area contributed by atoms with E-state index in [1.807, 2.05) is 13.8 Å². The zero-order valence-corrected chi connectivity index (χ0v) is 13.3. The van der Waals surface area contributed by atoms with Gasteiger partial charge in [-0.05, 0) is 32.1 Å². The van der Waals surface area contributed by atoms with Crippen LogP contribution in [0.2, 0.25) is 0 Å². The smallest absolute Gasteiger partial charge is 0.318 e. The number of hydrogen-bond donors (Lipinski definition) is 3. The molecule has 0 fully saturated rings. The number of carbonyl (C=O) groups is 3. The molecule has 0 spiro atoms. The van der Waals surface area contributed by atoms with E-state index >= 15 is 0 Å². The normalized spacial score (nSPS) is 12.3. The van der Waals surface area contributed by atoms with E-state index in [9.17, 15) is 14.4 Å². The van der Waals surface area contributed by atoms with Crippen molar-refractivity contribution in [2.24, 2.45) is 17.6 Å². The van der Waals surface area contributed by atoms with Crippen molar-refractivity contribution in [3.8, 4) is 0 Å². The van der Waals surface area contributed by atoms with E-state index in [2.05, 4.69) is 5.32 Å². The van der Waals surface area contributed by atoms with Crippen LogP contribution >= 0.6 is 0 Å². The molecule has 7 nitrogen and oxygen atoms in total. The Labute approximate surface area is 125 Å². The highest BCUT2D eigenvalue weighted by Gasteiger charge is 2.21. The molecule has 3 amide bonds. The van der Waals surface area contributed by atoms with Gasteiger partial charge in [-0.2, -0.15) is 0 Å². The first-order chi connectivity index (χ1) is 9.63. The van der Waals surface area contributed by atoms with Gasteiger partial charge in [-0.1, -0.05) is 13.8 Å². The van der Waals surface area contributed by atoms with Crippen molar-refractivity contribution in [1.29, 1.82) is 0 Å². The second-order valence-corrected chi connectivity index (χ2v) is 5.97. The average Bonchev–Trinajstić information content (AvgIpc) is 2.30. The monoisotopic (exact) mass is 301 g/mol. The Morgan fingerprint density at radius 1 is 1.19 bits per heavy atom. The number of primary amides is 1. The molecule has 0 aromatic carbocycles. The Bertz CT molecular complexity index is 369. The number of carbonyl (C=O) groups excluding carboxylic acids is 2. The lowest BCUT2D eigenvalue weighted by Gasteiger charge is -2.27. The lowest BCUT2D eigenvalue weighted by Crippen LogP contribution is -2.48. The first-order valence-electron chi connectivity index (χ1n) is 7.18. The summed E-state index contributed by atoms with van der Waals surface area (Å²) in [7, 11) is 0. The second-order valence-electron chi connectivity index (χ2n) is 5.97. The van der Waals surface area contributed by atoms with E-state index in [1.54, 1.807) is 13.8 Å². The molecule has 7 heteroatoms. The summed E-state index contributed by atoms with van der Waals surface area (Å²) in [5.41, 5.74) is 5.12. The Morgan fingerprint density at radius 2 is 1.76 bits per heavy atom. The van der Waals surface area contributed by atoms with Crippen molar-refractivity contribution in [3.05, 3.63) is 0 Å². The standard InChI is InChI=1S/C14H27N3O4/c1-9(2)5-11(6-13(19)20)7-16-14(21)17(10(3)4)8-12(15)18/h9-11H,5-8H2,1-4H3,(H2,15,18)(H,16,21)(H,19,20). The van der Waals surface area contributed by atoms with Crippen molar-refractivity contribution >= 4 is 17.9 Å². The number of carboxylic acids is 1. The summed E-state index contributed by atoms with van der Waals surface area (Å²) in [5.74, 6) is -1.25. The van der Waals surface area contributed by atoms with Crippen LogP contribution in [0.3, 0.4) is 0 Å². The summed E-state index contributed by atoms with van der Waals surface area (Å²) in [5, 5.41) is 11.6. The molecular weight excluding hydrogens is 274 g/mol. The predicted octanol–water partition coefficient (Wildman–Crippen LogP) is 1.03. The lowest BCUT2D eigenvalue weighted by atomic mass is 9.94. The highest BCUT2D eigenvalue weighted by atomic mass is 16.4. The van der Waals surface area contributed by atoms with Crippen LogP contribution in [-0.2, 0) is 9.59 Å². The highest BCUT2D eigenvalue weighted by molar-refractivity contribution is 5.83. The maximum Gasteiger partial charge on any atom is 0.318 e. The van der Waals surface area contributed by atoms with Gasteiger partial charge in [-0.15, -0.1) is 0 Å². The van der Waals surface area contributed by atoms with Crippen LogP contribution in [0, 0.1) is 11.8 Å². The molecule has 0 aliphatic heterocycles. The SMILES string of the molecule is CC(C)CC(CNC(=O)N(CC(N)=O)C(C)C)CC(=O)O. The number of nitrogens with one attached hydrogen (secondary N) is 1. The van der Waals surface area contributed by atoms with Crippen molar-refractivity contribution in [2.45, 2.75) is 46.6 Å². The Morgan fingerprint density at radius 3 is 2.14 bits per heavy atom. The summed E-state index contributed by atoms with van der Waals surface area (Å²) in [6.07, 6.45) is 0.722. The van der Waals surface area contributed by atoms with E-state index in [0.29, 0.717) is 12.3 Å². The zero-order chi connectivity index (χ0) is 16.6. The average molecular weight is 301 g/mol. The summed E-state index contributed by atoms with van der Waals surface area (Å²) >= 11 is 0. The molecule has 0 aliphatic rings. The minimum absolute atomic E-state index is 0.00988. The Hall–Kier alpha value is -1.79. The van der Waals surface area contributed by atoms with Crippen molar-refractivity contribution in [3.63, 3.8) is 0 Å². The Balaban J connectivity index is 4.56. The highest BCUT2D eigenvalue weighted by Crippen LogP contribution is 2.15. The topological polar surface area (TPSA) is 113 Å². The molecule has 0 radical (unpaired) electrons. The third kappa shape index (κ3) is 8.88. The number of rotatable bonds is 9. The van der Waals surface area contributed by atoms with E-state index in [1.165, 1.54) is 4.90 Å². The number of nitrogens with zero attached hydrogens (tertiary/aromatic N) is 1. The quantitative estimate of drug-likeness (QED) is 0.590. The van der Waals surface area contributed by atoms with E-state index < -0.39 is 17.9 Å². The molecule has 0 aromatic rings. The Kier molecular flexibility index (Phi) is 8.42. The van der Waals surface area contributed by atoms with Gasteiger partial charge in [0.2, 0.25) is 5.91 Å². The van der Waals surface area contributed by atoms with E-state index in [0.717, 1.165) is 0 Å². The van der Waals surface area contributed by atoms with Crippen LogP contribution in [0.4, 0.5) is 4.79 Å². The van der Waals surface area contributed by atoms with Gasteiger partial charge < -0.3 is 21.1 Å². The number of aliphatic carboxylic acids is 1. The third-order valence-corrected chi connectivity index (χ3v) is 3.02. The lowest BCUT2D eigenvalue weighted by molar-refractivity contribution is -0.138. The largest absolute Gasteiger partial charge is 0.481 e. The first-order valence-corrected chi connectivity index (χ1v) is 7.18. The minimum Gasteiger partial charge on any atom is -0.481 e. The fraction of sp³-hybridized carbons (Fsp3) is 0.786. The molecular formula is C14H27N3O4. The van der Waals surface area contributed by atoms with Gasteiger partial charge >= 0.3 is 12.0 Å². The number of urea groups is 1. The first kappa shape index (κ1) is 19.2. The van der Waals surface area contributed by atoms with Gasteiger partial charge in [0.15, 0.2) is 0 Å². The fourth-order valence-corrected chi connectivity index (χ4v) is 2.14. The molecule has 0 saturated carbocycles. The predicted molar refractivity (Wildman–Crippen MR) is 79.6 cm³/mol. The van der Waals surface area contributed by atoms with Gasteiger partial charge in [0.05, 0.1) is 0 Å². The summed E-state index contributed by atoms with van der Waals surface area (Å²) in [6, 6.07) is -0.566. The van der Waals surface area contributed by atoms with Gasteiger partial charge in [0.1, 0.15) is 6.54 Å². The minimum atomic E-state index is -0.882. The van der Waals surface area contributed by atoms with Crippen LogP contribution < -0.4 is 11.1 Å². The summed E-state index contributed by atoms with van der Waals surface area (Å²) in [6.45, 7) is 7.69. The maximum absolute atomic E-state index is 12.1. The van der Waals surface area contributed by atoms with Crippen LogP contribution in [0.5, 0.6) is 0 Å². The molecule has 0 saturated heterocycles. The summed E-state index contributed by atoms with van der Waals surface area (Å²) < 4.78 is 0. The number of nitrogens with two attached hydrogens (primary N) is 1. The molecule has 4 N–H and O–H groups in total. The van der Waals surface area contributed by atoms with Gasteiger partial charge in [0.25, 0.3) is 0 Å². The van der Waals surface area contributed by atoms with Crippen molar-refractivity contribution in [1.82, 2.24) is 10.2 Å². The third-order valence-electron chi connectivity index (χ3n) is 3.02. The molecule has 1 atom stereocenters. The molecule has 0 rings (SSSR count). The van der Waals surface area contributed by atoms with E-state index in [-0.39, 0.29) is 31.5 Å². The van der Waals surface area contributed by atoms with E-state index in [4.69, 9.17) is 10.8 Å².